The summed E-state index contributed by atoms with van der Waals surface area (Å²) in [6, 6.07) is 5.75. The Morgan fingerprint density at radius 2 is 2.25 bits per heavy atom. The van der Waals surface area contributed by atoms with Crippen molar-refractivity contribution in [2.45, 2.75) is 6.10 Å². The highest BCUT2D eigenvalue weighted by Crippen LogP contribution is 2.29. The van der Waals surface area contributed by atoms with Crippen LogP contribution in [0.25, 0.3) is 10.2 Å². The third kappa shape index (κ3) is 2.02. The number of rotatable bonds is 3. The first-order chi connectivity index (χ1) is 7.61. The fourth-order valence-corrected chi connectivity index (χ4v) is 2.40. The Morgan fingerprint density at radius 1 is 1.50 bits per heavy atom. The van der Waals surface area contributed by atoms with Gasteiger partial charge in [-0.1, -0.05) is 17.4 Å². The van der Waals surface area contributed by atoms with Crippen molar-refractivity contribution in [1.29, 1.82) is 0 Å². The largest absolute Gasteiger partial charge is 0.387 e. The van der Waals surface area contributed by atoms with Gasteiger partial charge in [-0.05, 0) is 17.7 Å². The summed E-state index contributed by atoms with van der Waals surface area (Å²) in [5.74, 6) is 0. The molecule has 0 fully saturated rings. The second-order valence-electron chi connectivity index (χ2n) is 3.87. The predicted octanol–water partition coefficient (Wildman–Crippen LogP) is 1.35. The molecule has 1 atom stereocenters. The zero-order valence-electron chi connectivity index (χ0n) is 9.34. The first-order valence-corrected chi connectivity index (χ1v) is 5.89. The van der Waals surface area contributed by atoms with Crippen molar-refractivity contribution in [2.24, 2.45) is 5.73 Å². The molecule has 1 aromatic heterocycles. The quantitative estimate of drug-likeness (QED) is 0.846. The van der Waals surface area contributed by atoms with Gasteiger partial charge in [0, 0.05) is 20.6 Å². The summed E-state index contributed by atoms with van der Waals surface area (Å²) >= 11 is 1.61. The predicted molar refractivity (Wildman–Crippen MR) is 68.0 cm³/mol. The smallest absolute Gasteiger partial charge is 0.185 e. The van der Waals surface area contributed by atoms with E-state index in [0.29, 0.717) is 0 Å². The number of benzene rings is 1. The molecule has 16 heavy (non-hydrogen) atoms. The van der Waals surface area contributed by atoms with Crippen molar-refractivity contribution in [3.8, 4) is 0 Å². The molecule has 4 nitrogen and oxygen atoms in total. The molecular formula is C11H15N3OS. The summed E-state index contributed by atoms with van der Waals surface area (Å²) in [6.45, 7) is 0.241. The molecule has 0 aliphatic carbocycles. The third-order valence-corrected chi connectivity index (χ3v) is 3.58. The molecule has 2 aromatic rings. The lowest BCUT2D eigenvalue weighted by molar-refractivity contribution is 0.187. The van der Waals surface area contributed by atoms with E-state index in [9.17, 15) is 5.11 Å². The Balaban J connectivity index is 2.45. The Kier molecular flexibility index (Phi) is 3.09. The van der Waals surface area contributed by atoms with Gasteiger partial charge in [0.1, 0.15) is 0 Å². The standard InChI is InChI=1S/C11H15N3OS/c1-14(2)11-13-8-4-3-7(9(15)6-12)5-10(8)16-11/h3-5,9,15H,6,12H2,1-2H3. The fraction of sp³-hybridized carbons (Fsp3) is 0.364. The van der Waals surface area contributed by atoms with E-state index < -0.39 is 6.10 Å². The van der Waals surface area contributed by atoms with Crippen LogP contribution in [0.1, 0.15) is 11.7 Å². The highest BCUT2D eigenvalue weighted by Gasteiger charge is 2.09. The topological polar surface area (TPSA) is 62.4 Å². The number of fused-ring (bicyclic) bond motifs is 1. The van der Waals surface area contributed by atoms with Gasteiger partial charge in [0.15, 0.2) is 5.13 Å². The molecule has 0 bridgehead atoms. The van der Waals surface area contributed by atoms with Crippen LogP contribution < -0.4 is 10.6 Å². The van der Waals surface area contributed by atoms with E-state index >= 15 is 0 Å². The van der Waals surface area contributed by atoms with Gasteiger partial charge in [0.25, 0.3) is 0 Å². The van der Waals surface area contributed by atoms with Crippen LogP contribution in [0.15, 0.2) is 18.2 Å². The summed E-state index contributed by atoms with van der Waals surface area (Å²) in [5, 5.41) is 10.6. The number of aromatic nitrogens is 1. The van der Waals surface area contributed by atoms with E-state index in [-0.39, 0.29) is 6.54 Å². The zero-order chi connectivity index (χ0) is 11.7. The van der Waals surface area contributed by atoms with Crippen LogP contribution in [0.2, 0.25) is 0 Å². The first kappa shape index (κ1) is 11.3. The average molecular weight is 237 g/mol. The Bertz CT molecular complexity index is 495. The minimum atomic E-state index is -0.589. The minimum Gasteiger partial charge on any atom is -0.387 e. The molecule has 0 aliphatic heterocycles. The van der Waals surface area contributed by atoms with Gasteiger partial charge in [-0.3, -0.25) is 0 Å². The van der Waals surface area contributed by atoms with E-state index in [2.05, 4.69) is 4.98 Å². The molecule has 2 rings (SSSR count). The van der Waals surface area contributed by atoms with E-state index in [1.165, 1.54) is 0 Å². The van der Waals surface area contributed by atoms with Gasteiger partial charge in [0.05, 0.1) is 16.3 Å². The van der Waals surface area contributed by atoms with Crippen molar-refractivity contribution in [1.82, 2.24) is 4.98 Å². The molecule has 1 unspecified atom stereocenters. The first-order valence-electron chi connectivity index (χ1n) is 5.07. The van der Waals surface area contributed by atoms with Crippen molar-refractivity contribution >= 4 is 26.7 Å². The van der Waals surface area contributed by atoms with Gasteiger partial charge < -0.3 is 15.7 Å². The lowest BCUT2D eigenvalue weighted by atomic mass is 10.1. The van der Waals surface area contributed by atoms with E-state index in [0.717, 1.165) is 20.9 Å². The van der Waals surface area contributed by atoms with E-state index in [1.54, 1.807) is 11.3 Å². The van der Waals surface area contributed by atoms with Gasteiger partial charge >= 0.3 is 0 Å². The number of hydrogen-bond acceptors (Lipinski definition) is 5. The van der Waals surface area contributed by atoms with Crippen molar-refractivity contribution in [2.75, 3.05) is 25.5 Å². The average Bonchev–Trinajstić information content (AvgIpc) is 2.70. The number of aliphatic hydroxyl groups is 1. The SMILES string of the molecule is CN(C)c1nc2ccc(C(O)CN)cc2s1. The number of anilines is 1. The number of nitrogens with zero attached hydrogens (tertiary/aromatic N) is 2. The van der Waals surface area contributed by atoms with Crippen LogP contribution in [0.3, 0.4) is 0 Å². The third-order valence-electron chi connectivity index (χ3n) is 2.39. The van der Waals surface area contributed by atoms with E-state index in [4.69, 9.17) is 5.73 Å². The van der Waals surface area contributed by atoms with Crippen LogP contribution in [-0.2, 0) is 0 Å². The van der Waals surface area contributed by atoms with Gasteiger partial charge in [0.2, 0.25) is 0 Å². The number of aliphatic hydroxyl groups excluding tert-OH is 1. The molecule has 1 aromatic carbocycles. The van der Waals surface area contributed by atoms with Crippen LogP contribution in [-0.4, -0.2) is 30.7 Å². The Labute approximate surface area is 98.3 Å². The second-order valence-corrected chi connectivity index (χ2v) is 4.88. The van der Waals surface area contributed by atoms with Crippen molar-refractivity contribution < 1.29 is 5.11 Å². The normalized spacial score (nSPS) is 13.0. The maximum atomic E-state index is 9.65. The molecule has 1 heterocycles. The molecule has 5 heteroatoms. The second kappa shape index (κ2) is 4.37. The van der Waals surface area contributed by atoms with Gasteiger partial charge in [-0.15, -0.1) is 0 Å². The maximum Gasteiger partial charge on any atom is 0.185 e. The molecule has 86 valence electrons. The number of hydrogen-bond donors (Lipinski definition) is 2. The van der Waals surface area contributed by atoms with Crippen LogP contribution in [0.4, 0.5) is 5.13 Å². The maximum absolute atomic E-state index is 9.65. The lowest BCUT2D eigenvalue weighted by Gasteiger charge is -2.06. The summed E-state index contributed by atoms with van der Waals surface area (Å²) in [6.07, 6.45) is -0.589. The Hall–Kier alpha value is -1.17. The minimum absolute atomic E-state index is 0.241. The van der Waals surface area contributed by atoms with Crippen LogP contribution in [0.5, 0.6) is 0 Å². The molecule has 0 aliphatic rings. The summed E-state index contributed by atoms with van der Waals surface area (Å²) in [4.78, 5) is 6.45. The van der Waals surface area contributed by atoms with Crippen molar-refractivity contribution in [3.63, 3.8) is 0 Å². The number of thiazole rings is 1. The monoisotopic (exact) mass is 237 g/mol. The molecule has 0 saturated carbocycles. The molecule has 3 N–H and O–H groups in total. The Morgan fingerprint density at radius 3 is 2.88 bits per heavy atom. The highest BCUT2D eigenvalue weighted by molar-refractivity contribution is 7.22. The molecule has 0 spiro atoms. The highest BCUT2D eigenvalue weighted by atomic mass is 32.1. The fourth-order valence-electron chi connectivity index (χ4n) is 1.46. The van der Waals surface area contributed by atoms with Crippen LogP contribution in [0, 0.1) is 0 Å². The molecular weight excluding hydrogens is 222 g/mol. The zero-order valence-corrected chi connectivity index (χ0v) is 10.2. The molecule has 0 radical (unpaired) electrons. The summed E-state index contributed by atoms with van der Waals surface area (Å²) in [7, 11) is 3.93. The molecule has 0 amide bonds. The number of nitrogens with two attached hydrogens (primary N) is 1. The lowest BCUT2D eigenvalue weighted by Crippen LogP contribution is -2.11. The van der Waals surface area contributed by atoms with Crippen molar-refractivity contribution in [3.05, 3.63) is 23.8 Å². The van der Waals surface area contributed by atoms with Gasteiger partial charge in [-0.2, -0.15) is 0 Å². The van der Waals surface area contributed by atoms with Crippen LogP contribution >= 0.6 is 11.3 Å². The summed E-state index contributed by atoms with van der Waals surface area (Å²) < 4.78 is 1.08. The summed E-state index contributed by atoms with van der Waals surface area (Å²) in [5.41, 5.74) is 7.24. The van der Waals surface area contributed by atoms with E-state index in [1.807, 2.05) is 37.2 Å². The molecule has 0 saturated heterocycles. The van der Waals surface area contributed by atoms with Gasteiger partial charge in [-0.25, -0.2) is 4.98 Å².